The number of nitrogens with two attached hydrogens (primary N) is 4. The predicted octanol–water partition coefficient (Wildman–Crippen LogP) is -1.36. The van der Waals surface area contributed by atoms with Crippen molar-refractivity contribution >= 4 is 0 Å². The molecule has 0 rings (SSSR count). The Morgan fingerprint density at radius 2 is 1.10 bits per heavy atom. The van der Waals surface area contributed by atoms with Crippen molar-refractivity contribution in [2.24, 2.45) is 23.3 Å². The molecule has 0 radical (unpaired) electrons. The van der Waals surface area contributed by atoms with Crippen LogP contribution in [-0.4, -0.2) is 12.6 Å². The molecule has 0 aromatic carbocycles. The third kappa shape index (κ3) is 46.0. The molecule has 0 unspecified atom stereocenters. The molecule has 0 heterocycles. The van der Waals surface area contributed by atoms with Crippen molar-refractivity contribution < 1.29 is 0 Å². The van der Waals surface area contributed by atoms with E-state index in [1.165, 1.54) is 7.05 Å². The van der Waals surface area contributed by atoms with Crippen LogP contribution >= 0.6 is 0 Å². The molecular weight excluding hydrogens is 130 g/mol. The molecule has 0 bridgehead atoms. The van der Waals surface area contributed by atoms with Crippen molar-refractivity contribution in [2.75, 3.05) is 7.05 Å². The SMILES string of the molecule is CC(C)(C)NN.CN.NN. The molecule has 0 aliphatic rings. The largest absolute Gasteiger partial charge is 0.333 e. The molecule has 0 spiro atoms. The maximum atomic E-state index is 5.06. The lowest BCUT2D eigenvalue weighted by Crippen LogP contribution is -2.41. The summed E-state index contributed by atoms with van der Waals surface area (Å²) in [4.78, 5) is 0. The van der Waals surface area contributed by atoms with Gasteiger partial charge in [0.05, 0.1) is 0 Å². The Labute approximate surface area is 63.1 Å². The van der Waals surface area contributed by atoms with Crippen LogP contribution < -0.4 is 28.7 Å². The van der Waals surface area contributed by atoms with Crippen molar-refractivity contribution in [3.05, 3.63) is 0 Å². The normalized spacial score (nSPS) is 8.40. The first-order chi connectivity index (χ1) is 4.56. The van der Waals surface area contributed by atoms with Gasteiger partial charge >= 0.3 is 0 Å². The lowest BCUT2D eigenvalue weighted by Gasteiger charge is -2.14. The minimum Gasteiger partial charge on any atom is -0.333 e. The van der Waals surface area contributed by atoms with Crippen LogP contribution in [0.4, 0.5) is 0 Å². The van der Waals surface area contributed by atoms with Gasteiger partial charge in [-0.25, -0.2) is 0 Å². The van der Waals surface area contributed by atoms with Crippen molar-refractivity contribution in [3.8, 4) is 0 Å². The van der Waals surface area contributed by atoms with Crippen LogP contribution in [0.3, 0.4) is 0 Å². The highest BCUT2D eigenvalue weighted by molar-refractivity contribution is 4.63. The summed E-state index contributed by atoms with van der Waals surface area (Å²) in [5.41, 5.74) is 7.17. The second-order valence-electron chi connectivity index (χ2n) is 2.39. The van der Waals surface area contributed by atoms with Gasteiger partial charge in [0.25, 0.3) is 0 Å². The summed E-state index contributed by atoms with van der Waals surface area (Å²) in [6, 6.07) is 0. The molecule has 66 valence electrons. The summed E-state index contributed by atoms with van der Waals surface area (Å²) in [5.74, 6) is 13.1. The molecule has 5 heteroatoms. The van der Waals surface area contributed by atoms with Gasteiger partial charge in [0.15, 0.2) is 0 Å². The third-order valence-corrected chi connectivity index (χ3v) is 0.433. The molecule has 10 heavy (non-hydrogen) atoms. The van der Waals surface area contributed by atoms with E-state index in [0.29, 0.717) is 0 Å². The van der Waals surface area contributed by atoms with Crippen LogP contribution in [0.2, 0.25) is 0 Å². The fourth-order valence-electron chi connectivity index (χ4n) is 0. The smallest absolute Gasteiger partial charge is 0.0236 e. The Morgan fingerprint density at radius 1 is 1.00 bits per heavy atom. The monoisotopic (exact) mass is 151 g/mol. The Bertz CT molecular complexity index is 39.8. The zero-order chi connectivity index (χ0) is 9.21. The Morgan fingerprint density at radius 3 is 1.10 bits per heavy atom. The van der Waals surface area contributed by atoms with E-state index in [-0.39, 0.29) is 5.54 Å². The maximum Gasteiger partial charge on any atom is 0.0236 e. The summed E-state index contributed by atoms with van der Waals surface area (Å²) < 4.78 is 0. The third-order valence-electron chi connectivity index (χ3n) is 0.433. The second-order valence-corrected chi connectivity index (χ2v) is 2.39. The van der Waals surface area contributed by atoms with Gasteiger partial charge in [-0.05, 0) is 27.8 Å². The van der Waals surface area contributed by atoms with E-state index in [0.717, 1.165) is 0 Å². The van der Waals surface area contributed by atoms with Gasteiger partial charge in [-0.2, -0.15) is 0 Å². The van der Waals surface area contributed by atoms with Gasteiger partial charge in [0.1, 0.15) is 0 Å². The maximum absolute atomic E-state index is 5.06. The van der Waals surface area contributed by atoms with Crippen LogP contribution in [0.15, 0.2) is 0 Å². The first kappa shape index (κ1) is 16.4. The van der Waals surface area contributed by atoms with Crippen LogP contribution in [0.25, 0.3) is 0 Å². The van der Waals surface area contributed by atoms with Gasteiger partial charge in [-0.1, -0.05) is 0 Å². The zero-order valence-electron chi connectivity index (χ0n) is 7.31. The average molecular weight is 151 g/mol. The highest BCUT2D eigenvalue weighted by Crippen LogP contribution is 1.92. The van der Waals surface area contributed by atoms with Gasteiger partial charge in [0, 0.05) is 5.54 Å². The molecule has 0 aliphatic heterocycles. The Kier molecular flexibility index (Phi) is 19.0. The molecule has 0 saturated carbocycles. The molecule has 0 amide bonds. The molecule has 5 nitrogen and oxygen atoms in total. The number of hydrogen-bond acceptors (Lipinski definition) is 5. The van der Waals surface area contributed by atoms with Gasteiger partial charge in [0.2, 0.25) is 0 Å². The summed E-state index contributed by atoms with van der Waals surface area (Å²) in [7, 11) is 1.50. The molecule has 9 N–H and O–H groups in total. The minimum atomic E-state index is 0.0694. The molecule has 0 aromatic rings. The van der Waals surface area contributed by atoms with Gasteiger partial charge in [-0.15, -0.1) is 0 Å². The van der Waals surface area contributed by atoms with Crippen molar-refractivity contribution in [2.45, 2.75) is 26.3 Å². The van der Waals surface area contributed by atoms with Gasteiger partial charge < -0.3 is 5.73 Å². The lowest BCUT2D eigenvalue weighted by atomic mass is 10.1. The van der Waals surface area contributed by atoms with Crippen molar-refractivity contribution in [3.63, 3.8) is 0 Å². The molecule has 0 fully saturated rings. The first-order valence-corrected chi connectivity index (χ1v) is 2.95. The van der Waals surface area contributed by atoms with E-state index in [4.69, 9.17) is 5.84 Å². The molecule has 0 saturated heterocycles. The van der Waals surface area contributed by atoms with Crippen molar-refractivity contribution in [1.29, 1.82) is 0 Å². The summed E-state index contributed by atoms with van der Waals surface area (Å²) in [6.45, 7) is 6.02. The zero-order valence-corrected chi connectivity index (χ0v) is 7.31. The number of hydrazine groups is 2. The van der Waals surface area contributed by atoms with E-state index < -0.39 is 0 Å². The van der Waals surface area contributed by atoms with Crippen molar-refractivity contribution in [1.82, 2.24) is 5.43 Å². The van der Waals surface area contributed by atoms with Crippen LogP contribution in [0.5, 0.6) is 0 Å². The predicted molar refractivity (Wildman–Crippen MR) is 45.6 cm³/mol. The molecule has 0 aliphatic carbocycles. The quantitative estimate of drug-likeness (QED) is 0.217. The standard InChI is InChI=1S/C4H12N2.CH5N.H4N2/c1-4(2,3)6-5;2*1-2/h6H,5H2,1-3H3;2H2,1H3;1-2H2. The molecular formula is C5H21N5. The second kappa shape index (κ2) is 11.6. The fourth-order valence-corrected chi connectivity index (χ4v) is 0. The number of nitrogens with one attached hydrogen (secondary N) is 1. The van der Waals surface area contributed by atoms with E-state index in [2.05, 4.69) is 22.8 Å². The van der Waals surface area contributed by atoms with E-state index in [9.17, 15) is 0 Å². The Hall–Kier alpha value is -0.200. The van der Waals surface area contributed by atoms with E-state index in [1.807, 2.05) is 20.8 Å². The Balaban J connectivity index is -0.000000105. The summed E-state index contributed by atoms with van der Waals surface area (Å²) >= 11 is 0. The summed E-state index contributed by atoms with van der Waals surface area (Å²) in [6.07, 6.45) is 0. The van der Waals surface area contributed by atoms with Crippen LogP contribution in [0.1, 0.15) is 20.8 Å². The topological polar surface area (TPSA) is 116 Å². The van der Waals surface area contributed by atoms with Gasteiger partial charge in [-0.3, -0.25) is 23.0 Å². The summed E-state index contributed by atoms with van der Waals surface area (Å²) in [5, 5.41) is 0. The van der Waals surface area contributed by atoms with Crippen LogP contribution in [0, 0.1) is 0 Å². The average Bonchev–Trinajstić information content (AvgIpc) is 1.95. The molecule has 0 atom stereocenters. The number of rotatable bonds is 0. The minimum absolute atomic E-state index is 0.0694. The lowest BCUT2D eigenvalue weighted by molar-refractivity contribution is 0.438. The van der Waals surface area contributed by atoms with E-state index in [1.54, 1.807) is 0 Å². The first-order valence-electron chi connectivity index (χ1n) is 2.95. The van der Waals surface area contributed by atoms with E-state index >= 15 is 0 Å². The highest BCUT2D eigenvalue weighted by Gasteiger charge is 2.02. The highest BCUT2D eigenvalue weighted by atomic mass is 15.2. The molecule has 0 aromatic heterocycles. The fraction of sp³-hybridized carbons (Fsp3) is 1.00. The number of hydrogen-bond donors (Lipinski definition) is 5. The van der Waals surface area contributed by atoms with Crippen LogP contribution in [-0.2, 0) is 0 Å².